The van der Waals surface area contributed by atoms with E-state index in [1.54, 1.807) is 24.3 Å². The Hall–Kier alpha value is -1.76. The van der Waals surface area contributed by atoms with E-state index in [0.29, 0.717) is 11.4 Å². The molecule has 1 aromatic carbocycles. The second-order valence-electron chi connectivity index (χ2n) is 3.54. The Labute approximate surface area is 99.5 Å². The predicted octanol–water partition coefficient (Wildman–Crippen LogP) is 0.875. The predicted molar refractivity (Wildman–Crippen MR) is 65.1 cm³/mol. The first-order chi connectivity index (χ1) is 7.89. The maximum atomic E-state index is 11.5. The first-order valence-electron chi connectivity index (χ1n) is 4.97. The van der Waals surface area contributed by atoms with Gasteiger partial charge in [-0.2, -0.15) is 0 Å². The highest BCUT2D eigenvalue weighted by Gasteiger charge is 2.11. The lowest BCUT2D eigenvalue weighted by Crippen LogP contribution is -2.17. The minimum absolute atomic E-state index is 0.0830. The van der Waals surface area contributed by atoms with Crippen molar-refractivity contribution in [1.29, 1.82) is 0 Å². The molecule has 0 radical (unpaired) electrons. The van der Waals surface area contributed by atoms with E-state index < -0.39 is 16.0 Å². The summed E-state index contributed by atoms with van der Waals surface area (Å²) < 4.78 is 25.4. The van der Waals surface area contributed by atoms with Crippen molar-refractivity contribution in [3.05, 3.63) is 24.3 Å². The van der Waals surface area contributed by atoms with Crippen molar-refractivity contribution >= 4 is 27.4 Å². The zero-order chi connectivity index (χ0) is 12.9. The lowest BCUT2D eigenvalue weighted by atomic mass is 10.3. The van der Waals surface area contributed by atoms with E-state index in [1.807, 2.05) is 0 Å². The maximum absolute atomic E-state index is 11.5. The number of nitrogens with two attached hydrogens (primary N) is 1. The van der Waals surface area contributed by atoms with Gasteiger partial charge in [-0.15, -0.1) is 0 Å². The van der Waals surface area contributed by atoms with Crippen LogP contribution in [-0.4, -0.2) is 25.2 Å². The third kappa shape index (κ3) is 5.21. The summed E-state index contributed by atoms with van der Waals surface area (Å²) in [6.45, 7) is 0. The lowest BCUT2D eigenvalue weighted by molar-refractivity contribution is -0.137. The standard InChI is InChI=1S/C10H14N2O4S/c11-8-3-5-9(6-4-8)12-17(15,16)7-1-2-10(13)14/h3-6,12H,1-2,7,11H2,(H,13,14). The molecule has 0 unspecified atom stereocenters. The van der Waals surface area contributed by atoms with Gasteiger partial charge in [-0.1, -0.05) is 0 Å². The molecule has 0 saturated heterocycles. The van der Waals surface area contributed by atoms with Crippen LogP contribution < -0.4 is 10.5 Å². The fourth-order valence-corrected chi connectivity index (χ4v) is 2.32. The van der Waals surface area contributed by atoms with Gasteiger partial charge in [-0.05, 0) is 30.7 Å². The maximum Gasteiger partial charge on any atom is 0.303 e. The van der Waals surface area contributed by atoms with E-state index in [2.05, 4.69) is 4.72 Å². The quantitative estimate of drug-likeness (QED) is 0.656. The van der Waals surface area contributed by atoms with Crippen LogP contribution in [0.3, 0.4) is 0 Å². The van der Waals surface area contributed by atoms with E-state index in [4.69, 9.17) is 10.8 Å². The van der Waals surface area contributed by atoms with Crippen LogP contribution in [0.2, 0.25) is 0 Å². The first-order valence-corrected chi connectivity index (χ1v) is 6.62. The average Bonchev–Trinajstić information content (AvgIpc) is 2.20. The Balaban J connectivity index is 2.54. The zero-order valence-corrected chi connectivity index (χ0v) is 9.90. The van der Waals surface area contributed by atoms with Gasteiger partial charge in [0.05, 0.1) is 5.75 Å². The van der Waals surface area contributed by atoms with Crippen LogP contribution in [0.15, 0.2) is 24.3 Å². The second-order valence-corrected chi connectivity index (χ2v) is 5.38. The number of nitrogen functional groups attached to an aromatic ring is 1. The second kappa shape index (κ2) is 5.53. The first kappa shape index (κ1) is 13.3. The Bertz CT molecular complexity index is 482. The molecule has 0 aliphatic rings. The summed E-state index contributed by atoms with van der Waals surface area (Å²) in [4.78, 5) is 10.3. The van der Waals surface area contributed by atoms with Crippen molar-refractivity contribution < 1.29 is 18.3 Å². The number of carboxylic acids is 1. The van der Waals surface area contributed by atoms with E-state index >= 15 is 0 Å². The molecule has 7 heteroatoms. The fraction of sp³-hybridized carbons (Fsp3) is 0.300. The SMILES string of the molecule is Nc1ccc(NS(=O)(=O)CCCC(=O)O)cc1. The fourth-order valence-electron chi connectivity index (χ4n) is 1.20. The van der Waals surface area contributed by atoms with Gasteiger partial charge in [0.25, 0.3) is 0 Å². The van der Waals surface area contributed by atoms with E-state index in [9.17, 15) is 13.2 Å². The van der Waals surface area contributed by atoms with Crippen LogP contribution in [0.4, 0.5) is 11.4 Å². The number of sulfonamides is 1. The van der Waals surface area contributed by atoms with Crippen molar-refractivity contribution in [1.82, 2.24) is 0 Å². The topological polar surface area (TPSA) is 109 Å². The molecule has 0 aromatic heterocycles. The molecule has 0 aliphatic carbocycles. The average molecular weight is 258 g/mol. The molecule has 17 heavy (non-hydrogen) atoms. The number of aliphatic carboxylic acids is 1. The third-order valence-electron chi connectivity index (χ3n) is 1.99. The van der Waals surface area contributed by atoms with Crippen molar-refractivity contribution in [2.75, 3.05) is 16.2 Å². The van der Waals surface area contributed by atoms with Crippen molar-refractivity contribution in [3.8, 4) is 0 Å². The minimum Gasteiger partial charge on any atom is -0.481 e. The molecular weight excluding hydrogens is 244 g/mol. The number of carbonyl (C=O) groups is 1. The monoisotopic (exact) mass is 258 g/mol. The van der Waals surface area contributed by atoms with Crippen LogP contribution >= 0.6 is 0 Å². The summed E-state index contributed by atoms with van der Waals surface area (Å²) in [5.41, 5.74) is 6.41. The number of benzene rings is 1. The van der Waals surface area contributed by atoms with Gasteiger partial charge >= 0.3 is 5.97 Å². The van der Waals surface area contributed by atoms with Crippen LogP contribution in [0.1, 0.15) is 12.8 Å². The molecule has 4 N–H and O–H groups in total. The molecular formula is C10H14N2O4S. The number of hydrogen-bond donors (Lipinski definition) is 3. The number of anilines is 2. The van der Waals surface area contributed by atoms with Crippen molar-refractivity contribution in [2.45, 2.75) is 12.8 Å². The smallest absolute Gasteiger partial charge is 0.303 e. The van der Waals surface area contributed by atoms with Gasteiger partial charge in [-0.3, -0.25) is 9.52 Å². The van der Waals surface area contributed by atoms with Gasteiger partial charge in [0.1, 0.15) is 0 Å². The Morgan fingerprint density at radius 1 is 1.29 bits per heavy atom. The van der Waals surface area contributed by atoms with Crippen LogP contribution in [0, 0.1) is 0 Å². The summed E-state index contributed by atoms with van der Waals surface area (Å²) in [6, 6.07) is 6.25. The summed E-state index contributed by atoms with van der Waals surface area (Å²) >= 11 is 0. The summed E-state index contributed by atoms with van der Waals surface area (Å²) in [6.07, 6.45) is -0.0811. The van der Waals surface area contributed by atoms with Gasteiger partial charge < -0.3 is 10.8 Å². The minimum atomic E-state index is -3.50. The van der Waals surface area contributed by atoms with E-state index in [1.165, 1.54) is 0 Å². The van der Waals surface area contributed by atoms with Crippen LogP contribution in [0.25, 0.3) is 0 Å². The Morgan fingerprint density at radius 3 is 2.41 bits per heavy atom. The van der Waals surface area contributed by atoms with E-state index in [0.717, 1.165) is 0 Å². The molecule has 0 saturated carbocycles. The molecule has 0 amide bonds. The molecule has 0 heterocycles. The molecule has 1 rings (SSSR count). The molecule has 0 atom stereocenters. The van der Waals surface area contributed by atoms with Crippen LogP contribution in [-0.2, 0) is 14.8 Å². The molecule has 6 nitrogen and oxygen atoms in total. The van der Waals surface area contributed by atoms with Gasteiger partial charge in [0.15, 0.2) is 0 Å². The molecule has 0 spiro atoms. The number of nitrogens with one attached hydrogen (secondary N) is 1. The molecule has 0 fully saturated rings. The molecule has 0 aliphatic heterocycles. The lowest BCUT2D eigenvalue weighted by Gasteiger charge is -2.07. The third-order valence-corrected chi connectivity index (χ3v) is 3.36. The highest BCUT2D eigenvalue weighted by Crippen LogP contribution is 2.12. The van der Waals surface area contributed by atoms with Gasteiger partial charge in [-0.25, -0.2) is 8.42 Å². The molecule has 1 aromatic rings. The highest BCUT2D eigenvalue weighted by atomic mass is 32.2. The summed E-state index contributed by atoms with van der Waals surface area (Å²) in [5.74, 6) is -1.23. The highest BCUT2D eigenvalue weighted by molar-refractivity contribution is 7.92. The summed E-state index contributed by atoms with van der Waals surface area (Å²) in [5, 5.41) is 8.40. The normalized spacial score (nSPS) is 11.1. The number of carboxylic acid groups (broad SMARTS) is 1. The Kier molecular flexibility index (Phi) is 4.33. The van der Waals surface area contributed by atoms with Gasteiger partial charge in [0, 0.05) is 17.8 Å². The van der Waals surface area contributed by atoms with E-state index in [-0.39, 0.29) is 18.6 Å². The zero-order valence-electron chi connectivity index (χ0n) is 9.09. The molecule has 94 valence electrons. The molecule has 0 bridgehead atoms. The summed E-state index contributed by atoms with van der Waals surface area (Å²) in [7, 11) is -3.50. The number of hydrogen-bond acceptors (Lipinski definition) is 4. The van der Waals surface area contributed by atoms with Crippen molar-refractivity contribution in [2.24, 2.45) is 0 Å². The van der Waals surface area contributed by atoms with Gasteiger partial charge in [0.2, 0.25) is 10.0 Å². The largest absolute Gasteiger partial charge is 0.481 e. The number of rotatable bonds is 6. The van der Waals surface area contributed by atoms with Crippen molar-refractivity contribution in [3.63, 3.8) is 0 Å². The Morgan fingerprint density at radius 2 is 1.88 bits per heavy atom. The van der Waals surface area contributed by atoms with Crippen LogP contribution in [0.5, 0.6) is 0 Å².